The highest BCUT2D eigenvalue weighted by atomic mass is 19.3. The number of phenols is 1. The van der Waals surface area contributed by atoms with E-state index in [0.29, 0.717) is 24.3 Å². The summed E-state index contributed by atoms with van der Waals surface area (Å²) in [5, 5.41) is 19.7. The number of hydrogen-bond acceptors (Lipinski definition) is 5. The minimum Gasteiger partial charge on any atom is -0.507 e. The number of aromatic hydroxyl groups is 1. The van der Waals surface area contributed by atoms with Crippen molar-refractivity contribution in [3.05, 3.63) is 52.6 Å². The van der Waals surface area contributed by atoms with E-state index >= 15 is 0 Å². The van der Waals surface area contributed by atoms with E-state index in [9.17, 15) is 19.0 Å². The molecule has 2 aromatic rings. The first-order valence-corrected chi connectivity index (χ1v) is 9.70. The standard InChI is InChI=1S/C22H24F2O5/c1-27-20-11-17(26)16(19-4-6-22(23,24)21(12-25)29-19)10-15(20)9-13-2-3-18-14(8-13)5-7-28-18/h2-3,8,10-11,19,21,25-26H,4-7,9,12H2,1H3/t19-,21+/m0/s1. The molecule has 0 aromatic heterocycles. The third-order valence-corrected chi connectivity index (χ3v) is 5.63. The molecule has 0 radical (unpaired) electrons. The van der Waals surface area contributed by atoms with Gasteiger partial charge < -0.3 is 24.4 Å². The predicted octanol–water partition coefficient (Wildman–Crippen LogP) is 3.77. The molecule has 0 unspecified atom stereocenters. The van der Waals surface area contributed by atoms with Gasteiger partial charge in [0, 0.05) is 30.9 Å². The Balaban J connectivity index is 1.63. The third kappa shape index (κ3) is 3.89. The first-order valence-electron chi connectivity index (χ1n) is 9.70. The first-order chi connectivity index (χ1) is 13.9. The van der Waals surface area contributed by atoms with E-state index in [-0.39, 0.29) is 12.2 Å². The molecule has 2 aromatic carbocycles. The zero-order valence-corrected chi connectivity index (χ0v) is 16.2. The second-order valence-electron chi connectivity index (χ2n) is 7.54. The lowest BCUT2D eigenvalue weighted by atomic mass is 9.92. The molecule has 1 fully saturated rings. The number of rotatable bonds is 5. The summed E-state index contributed by atoms with van der Waals surface area (Å²) in [5.74, 6) is -1.73. The van der Waals surface area contributed by atoms with E-state index in [2.05, 4.69) is 6.07 Å². The highest BCUT2D eigenvalue weighted by Crippen LogP contribution is 2.44. The summed E-state index contributed by atoms with van der Waals surface area (Å²) in [7, 11) is 1.52. The van der Waals surface area contributed by atoms with Crippen LogP contribution in [0.5, 0.6) is 17.2 Å². The molecule has 156 valence electrons. The van der Waals surface area contributed by atoms with Crippen molar-refractivity contribution in [1.82, 2.24) is 0 Å². The number of halogens is 2. The smallest absolute Gasteiger partial charge is 0.276 e. The van der Waals surface area contributed by atoms with Crippen LogP contribution in [-0.4, -0.2) is 42.6 Å². The Morgan fingerprint density at radius 1 is 1.24 bits per heavy atom. The summed E-state index contributed by atoms with van der Waals surface area (Å²) in [4.78, 5) is 0. The highest BCUT2D eigenvalue weighted by molar-refractivity contribution is 5.50. The average molecular weight is 406 g/mol. The van der Waals surface area contributed by atoms with Crippen molar-refractivity contribution in [2.45, 2.75) is 43.8 Å². The molecule has 4 rings (SSSR count). The molecule has 2 aliphatic heterocycles. The van der Waals surface area contributed by atoms with Crippen molar-refractivity contribution in [3.8, 4) is 17.2 Å². The van der Waals surface area contributed by atoms with E-state index in [1.165, 1.54) is 13.2 Å². The minimum absolute atomic E-state index is 0.0546. The van der Waals surface area contributed by atoms with Crippen molar-refractivity contribution < 1.29 is 33.2 Å². The zero-order chi connectivity index (χ0) is 20.6. The molecule has 2 atom stereocenters. The zero-order valence-electron chi connectivity index (χ0n) is 16.2. The largest absolute Gasteiger partial charge is 0.507 e. The van der Waals surface area contributed by atoms with Gasteiger partial charge in [0.15, 0.2) is 0 Å². The average Bonchev–Trinajstić information content (AvgIpc) is 3.17. The summed E-state index contributed by atoms with van der Waals surface area (Å²) >= 11 is 0. The van der Waals surface area contributed by atoms with Gasteiger partial charge in [-0.15, -0.1) is 0 Å². The van der Waals surface area contributed by atoms with Gasteiger partial charge in [0.25, 0.3) is 5.92 Å². The van der Waals surface area contributed by atoms with Gasteiger partial charge in [-0.1, -0.05) is 12.1 Å². The van der Waals surface area contributed by atoms with Crippen molar-refractivity contribution in [1.29, 1.82) is 0 Å². The lowest BCUT2D eigenvalue weighted by Gasteiger charge is -2.36. The van der Waals surface area contributed by atoms with Gasteiger partial charge in [0.05, 0.1) is 26.4 Å². The Kier molecular flexibility index (Phi) is 5.36. The maximum Gasteiger partial charge on any atom is 0.276 e. The Morgan fingerprint density at radius 3 is 2.83 bits per heavy atom. The molecule has 2 N–H and O–H groups in total. The SMILES string of the molecule is COc1cc(O)c([C@@H]2CCC(F)(F)[C@@H](CO)O2)cc1Cc1ccc2c(c1)CCO2. The Hall–Kier alpha value is -2.38. The van der Waals surface area contributed by atoms with Crippen LogP contribution in [0.4, 0.5) is 8.78 Å². The maximum atomic E-state index is 13.9. The maximum absolute atomic E-state index is 13.9. The normalized spacial score (nSPS) is 22.8. The van der Waals surface area contributed by atoms with E-state index in [1.54, 1.807) is 6.07 Å². The van der Waals surface area contributed by atoms with Crippen molar-refractivity contribution >= 4 is 0 Å². The van der Waals surface area contributed by atoms with Gasteiger partial charge in [-0.3, -0.25) is 0 Å². The number of hydrogen-bond donors (Lipinski definition) is 2. The fraction of sp³-hybridized carbons (Fsp3) is 0.455. The number of methoxy groups -OCH3 is 1. The number of aliphatic hydroxyl groups excluding tert-OH is 1. The Bertz CT molecular complexity index is 899. The summed E-state index contributed by atoms with van der Waals surface area (Å²) in [6.07, 6.45) is -1.23. The lowest BCUT2D eigenvalue weighted by molar-refractivity contribution is -0.211. The minimum atomic E-state index is -3.08. The Morgan fingerprint density at radius 2 is 2.07 bits per heavy atom. The molecule has 0 aliphatic carbocycles. The monoisotopic (exact) mass is 406 g/mol. The quantitative estimate of drug-likeness (QED) is 0.791. The molecule has 2 aliphatic rings. The summed E-state index contributed by atoms with van der Waals surface area (Å²) in [6.45, 7) is -0.0917. The van der Waals surface area contributed by atoms with Crippen molar-refractivity contribution in [2.75, 3.05) is 20.3 Å². The number of phenolic OH excluding ortho intramolecular Hbond substituents is 1. The van der Waals surface area contributed by atoms with Gasteiger partial charge in [-0.2, -0.15) is 0 Å². The number of ether oxygens (including phenoxy) is 3. The first kappa shape index (κ1) is 19.9. The van der Waals surface area contributed by atoms with E-state index < -0.39 is 31.2 Å². The molecule has 0 spiro atoms. The molecule has 0 bridgehead atoms. The van der Waals surface area contributed by atoms with Gasteiger partial charge >= 0.3 is 0 Å². The van der Waals surface area contributed by atoms with E-state index in [4.69, 9.17) is 14.2 Å². The van der Waals surface area contributed by atoms with Crippen LogP contribution in [0, 0.1) is 0 Å². The van der Waals surface area contributed by atoms with Gasteiger partial charge in [0.2, 0.25) is 0 Å². The van der Waals surface area contributed by atoms with Crippen LogP contribution in [0.1, 0.15) is 41.2 Å². The van der Waals surface area contributed by atoms with E-state index in [1.807, 2.05) is 12.1 Å². The topological polar surface area (TPSA) is 68.2 Å². The van der Waals surface area contributed by atoms with Crippen LogP contribution in [0.25, 0.3) is 0 Å². The van der Waals surface area contributed by atoms with Gasteiger partial charge in [-0.05, 0) is 35.2 Å². The van der Waals surface area contributed by atoms with Crippen LogP contribution in [0.15, 0.2) is 30.3 Å². The number of aliphatic hydroxyl groups is 1. The molecular weight excluding hydrogens is 382 g/mol. The Labute approximate surface area is 167 Å². The lowest BCUT2D eigenvalue weighted by Crippen LogP contribution is -2.43. The van der Waals surface area contributed by atoms with E-state index in [0.717, 1.165) is 28.9 Å². The molecule has 29 heavy (non-hydrogen) atoms. The molecule has 7 heteroatoms. The summed E-state index contributed by atoms with van der Waals surface area (Å²) < 4.78 is 44.2. The van der Waals surface area contributed by atoms with Crippen LogP contribution >= 0.6 is 0 Å². The van der Waals surface area contributed by atoms with Crippen LogP contribution in [0.3, 0.4) is 0 Å². The van der Waals surface area contributed by atoms with Crippen LogP contribution < -0.4 is 9.47 Å². The molecule has 0 saturated carbocycles. The van der Waals surface area contributed by atoms with Crippen LogP contribution in [0.2, 0.25) is 0 Å². The summed E-state index contributed by atoms with van der Waals surface area (Å²) in [6, 6.07) is 9.26. The van der Waals surface area contributed by atoms with Crippen molar-refractivity contribution in [3.63, 3.8) is 0 Å². The third-order valence-electron chi connectivity index (χ3n) is 5.63. The molecule has 1 saturated heterocycles. The van der Waals surface area contributed by atoms with Crippen molar-refractivity contribution in [2.24, 2.45) is 0 Å². The van der Waals surface area contributed by atoms with Gasteiger partial charge in [-0.25, -0.2) is 8.78 Å². The second kappa shape index (κ2) is 7.80. The number of benzene rings is 2. The predicted molar refractivity (Wildman–Crippen MR) is 102 cm³/mol. The fourth-order valence-electron chi connectivity index (χ4n) is 4.04. The molecular formula is C22H24F2O5. The van der Waals surface area contributed by atoms with Crippen LogP contribution in [-0.2, 0) is 17.6 Å². The van der Waals surface area contributed by atoms with Gasteiger partial charge in [0.1, 0.15) is 23.4 Å². The molecule has 0 amide bonds. The molecule has 5 nitrogen and oxygen atoms in total. The number of alkyl halides is 2. The highest BCUT2D eigenvalue weighted by Gasteiger charge is 2.46. The fourth-order valence-corrected chi connectivity index (χ4v) is 4.04. The molecule has 2 heterocycles. The summed E-state index contributed by atoms with van der Waals surface area (Å²) in [5.41, 5.74) is 3.47. The second-order valence-corrected chi connectivity index (χ2v) is 7.54. The number of fused-ring (bicyclic) bond motifs is 1.